The third-order valence-corrected chi connectivity index (χ3v) is 5.32. The Bertz CT molecular complexity index is 884. The first-order valence-electron chi connectivity index (χ1n) is 8.70. The number of nitrogens with one attached hydrogen (secondary N) is 2. The maximum atomic E-state index is 12.8. The fraction of sp³-hybridized carbons (Fsp3) is 0.300. The first-order valence-corrected chi connectivity index (χ1v) is 9.64. The van der Waals surface area contributed by atoms with Gasteiger partial charge >= 0.3 is 0 Å². The summed E-state index contributed by atoms with van der Waals surface area (Å²) in [5, 5.41) is 18.9. The predicted molar refractivity (Wildman–Crippen MR) is 107 cm³/mol. The van der Waals surface area contributed by atoms with Crippen LogP contribution >= 0.6 is 11.3 Å². The van der Waals surface area contributed by atoms with Gasteiger partial charge in [0.25, 0.3) is 11.8 Å². The Kier molecular flexibility index (Phi) is 6.01. The molecular weight excluding hydrogens is 380 g/mol. The Morgan fingerprint density at radius 2 is 1.89 bits per heavy atom. The lowest BCUT2D eigenvalue weighted by atomic mass is 9.97. The van der Waals surface area contributed by atoms with Gasteiger partial charge in [0, 0.05) is 10.9 Å². The minimum Gasteiger partial charge on any atom is -0.493 e. The molecule has 8 heteroatoms. The summed E-state index contributed by atoms with van der Waals surface area (Å²) in [4.78, 5) is 25.3. The summed E-state index contributed by atoms with van der Waals surface area (Å²) in [7, 11) is 2.92. The molecular formula is C20H22N2O5S. The second kappa shape index (κ2) is 8.45. The van der Waals surface area contributed by atoms with Crippen molar-refractivity contribution < 1.29 is 24.2 Å². The summed E-state index contributed by atoms with van der Waals surface area (Å²) in [6, 6.07) is 4.79. The van der Waals surface area contributed by atoms with Crippen molar-refractivity contribution in [3.8, 4) is 11.5 Å². The molecule has 28 heavy (non-hydrogen) atoms. The quantitative estimate of drug-likeness (QED) is 0.619. The van der Waals surface area contributed by atoms with Gasteiger partial charge in [-0.3, -0.25) is 9.59 Å². The molecule has 1 heterocycles. The van der Waals surface area contributed by atoms with Crippen LogP contribution in [0.25, 0.3) is 0 Å². The van der Waals surface area contributed by atoms with Gasteiger partial charge in [0.05, 0.1) is 37.6 Å². The Morgan fingerprint density at radius 3 is 2.46 bits per heavy atom. The number of thiophene rings is 1. The van der Waals surface area contributed by atoms with Crippen molar-refractivity contribution in [1.29, 1.82) is 0 Å². The van der Waals surface area contributed by atoms with Crippen LogP contribution in [0.1, 0.15) is 33.6 Å². The molecule has 1 aliphatic rings. The van der Waals surface area contributed by atoms with Gasteiger partial charge in [0.2, 0.25) is 0 Å². The van der Waals surface area contributed by atoms with Crippen molar-refractivity contribution in [3.05, 3.63) is 52.2 Å². The van der Waals surface area contributed by atoms with Gasteiger partial charge in [-0.2, -0.15) is 11.3 Å². The van der Waals surface area contributed by atoms with E-state index in [-0.39, 0.29) is 24.0 Å². The van der Waals surface area contributed by atoms with Crippen molar-refractivity contribution in [1.82, 2.24) is 5.32 Å². The van der Waals surface area contributed by atoms with E-state index < -0.39 is 5.54 Å². The van der Waals surface area contributed by atoms with Crippen LogP contribution in [0.3, 0.4) is 0 Å². The van der Waals surface area contributed by atoms with Crippen LogP contribution in [-0.4, -0.2) is 43.3 Å². The van der Waals surface area contributed by atoms with Crippen LogP contribution in [0.5, 0.6) is 11.5 Å². The van der Waals surface area contributed by atoms with E-state index in [1.54, 1.807) is 22.9 Å². The number of benzene rings is 1. The number of anilines is 1. The van der Waals surface area contributed by atoms with Crippen LogP contribution < -0.4 is 20.1 Å². The number of amides is 2. The third kappa shape index (κ3) is 4.02. The zero-order valence-corrected chi connectivity index (χ0v) is 16.5. The second-order valence-electron chi connectivity index (χ2n) is 6.50. The first kappa shape index (κ1) is 19.9. The zero-order valence-electron chi connectivity index (χ0n) is 15.7. The topological polar surface area (TPSA) is 96.9 Å². The largest absolute Gasteiger partial charge is 0.493 e. The minimum atomic E-state index is -0.704. The molecule has 0 unspecified atom stereocenters. The molecule has 3 rings (SSSR count). The third-order valence-electron chi connectivity index (χ3n) is 4.64. The average molecular weight is 402 g/mol. The van der Waals surface area contributed by atoms with E-state index in [4.69, 9.17) is 9.47 Å². The number of hydrogen-bond donors (Lipinski definition) is 3. The number of aliphatic hydroxyl groups is 1. The molecule has 2 amide bonds. The second-order valence-corrected chi connectivity index (χ2v) is 7.28. The maximum Gasteiger partial charge on any atom is 0.256 e. The molecule has 2 aromatic rings. The fourth-order valence-electron chi connectivity index (χ4n) is 3.06. The smallest absolute Gasteiger partial charge is 0.256 e. The number of ether oxygens (including phenoxy) is 2. The molecule has 0 aliphatic heterocycles. The van der Waals surface area contributed by atoms with Crippen LogP contribution in [0.4, 0.5) is 5.69 Å². The van der Waals surface area contributed by atoms with Crippen molar-refractivity contribution in [2.75, 3.05) is 26.1 Å². The number of carbonyl (C=O) groups excluding carboxylic acids is 2. The molecule has 0 saturated heterocycles. The molecule has 1 aromatic heterocycles. The summed E-state index contributed by atoms with van der Waals surface area (Å²) >= 11 is 1.41. The summed E-state index contributed by atoms with van der Waals surface area (Å²) in [5.74, 6) is -0.0453. The minimum absolute atomic E-state index is 0.166. The van der Waals surface area contributed by atoms with E-state index in [0.29, 0.717) is 35.6 Å². The number of rotatable bonds is 7. The highest BCUT2D eigenvalue weighted by atomic mass is 32.1. The van der Waals surface area contributed by atoms with E-state index in [1.807, 2.05) is 12.2 Å². The SMILES string of the molecule is COc1cc(C(=O)NC2(CO)CC=CC2)cc(NC(=O)c2ccsc2)c1OC. The van der Waals surface area contributed by atoms with Gasteiger partial charge in [0.15, 0.2) is 11.5 Å². The number of aliphatic hydroxyl groups excluding tert-OH is 1. The van der Waals surface area contributed by atoms with E-state index in [9.17, 15) is 14.7 Å². The molecule has 0 spiro atoms. The lowest BCUT2D eigenvalue weighted by Gasteiger charge is -2.28. The molecule has 7 nitrogen and oxygen atoms in total. The molecule has 3 N–H and O–H groups in total. The first-order chi connectivity index (χ1) is 13.5. The number of methoxy groups -OCH3 is 2. The molecule has 0 atom stereocenters. The van der Waals surface area contributed by atoms with Gasteiger partial charge < -0.3 is 25.2 Å². The highest BCUT2D eigenvalue weighted by Gasteiger charge is 2.32. The van der Waals surface area contributed by atoms with Gasteiger partial charge in [-0.1, -0.05) is 12.2 Å². The Labute approximate surface area is 167 Å². The van der Waals surface area contributed by atoms with Crippen LogP contribution in [0.2, 0.25) is 0 Å². The van der Waals surface area contributed by atoms with E-state index >= 15 is 0 Å². The lowest BCUT2D eigenvalue weighted by Crippen LogP contribution is -2.49. The molecule has 0 saturated carbocycles. The van der Waals surface area contributed by atoms with E-state index in [0.717, 1.165) is 0 Å². The van der Waals surface area contributed by atoms with Crippen LogP contribution in [0.15, 0.2) is 41.1 Å². The monoisotopic (exact) mass is 402 g/mol. The van der Waals surface area contributed by atoms with Gasteiger partial charge in [-0.15, -0.1) is 0 Å². The van der Waals surface area contributed by atoms with Crippen molar-refractivity contribution in [2.45, 2.75) is 18.4 Å². The highest BCUT2D eigenvalue weighted by molar-refractivity contribution is 7.08. The van der Waals surface area contributed by atoms with E-state index in [2.05, 4.69) is 10.6 Å². The number of carbonyl (C=O) groups is 2. The van der Waals surface area contributed by atoms with Crippen molar-refractivity contribution in [2.24, 2.45) is 0 Å². The summed E-state index contributed by atoms with van der Waals surface area (Å²) in [6.45, 7) is -0.166. The Balaban J connectivity index is 1.91. The maximum absolute atomic E-state index is 12.8. The molecule has 1 aliphatic carbocycles. The van der Waals surface area contributed by atoms with Crippen LogP contribution in [-0.2, 0) is 0 Å². The van der Waals surface area contributed by atoms with Gasteiger partial charge in [-0.05, 0) is 36.4 Å². The highest BCUT2D eigenvalue weighted by Crippen LogP contribution is 2.37. The lowest BCUT2D eigenvalue weighted by molar-refractivity contribution is 0.0844. The average Bonchev–Trinajstić information content (AvgIpc) is 3.39. The predicted octanol–water partition coefficient (Wildman–Crippen LogP) is 2.83. The van der Waals surface area contributed by atoms with Crippen LogP contribution in [0, 0.1) is 0 Å². The number of hydrogen-bond acceptors (Lipinski definition) is 6. The molecule has 0 radical (unpaired) electrons. The normalized spacial score (nSPS) is 14.5. The summed E-state index contributed by atoms with van der Waals surface area (Å²) in [5.41, 5.74) is 0.422. The summed E-state index contributed by atoms with van der Waals surface area (Å²) < 4.78 is 10.7. The van der Waals surface area contributed by atoms with Crippen molar-refractivity contribution in [3.63, 3.8) is 0 Å². The molecule has 0 fully saturated rings. The standard InChI is InChI=1S/C20H22N2O5S/c1-26-16-10-14(19(25)22-20(12-23)6-3-4-7-20)9-15(17(16)27-2)21-18(24)13-5-8-28-11-13/h3-5,8-11,23H,6-7,12H2,1-2H3,(H,21,24)(H,22,25). The molecule has 148 valence electrons. The van der Waals surface area contributed by atoms with Crippen molar-refractivity contribution >= 4 is 28.8 Å². The zero-order chi connectivity index (χ0) is 20.1. The summed E-state index contributed by atoms with van der Waals surface area (Å²) in [6.07, 6.45) is 4.98. The molecule has 0 bridgehead atoms. The Morgan fingerprint density at radius 1 is 1.14 bits per heavy atom. The van der Waals surface area contributed by atoms with Gasteiger partial charge in [-0.25, -0.2) is 0 Å². The van der Waals surface area contributed by atoms with E-state index in [1.165, 1.54) is 31.6 Å². The van der Waals surface area contributed by atoms with Gasteiger partial charge in [0.1, 0.15) is 0 Å². The Hall–Kier alpha value is -2.84. The molecule has 1 aromatic carbocycles. The fourth-order valence-corrected chi connectivity index (χ4v) is 3.70.